The van der Waals surface area contributed by atoms with Crippen molar-refractivity contribution in [2.45, 2.75) is 70.9 Å². The van der Waals surface area contributed by atoms with Crippen LogP contribution in [-0.4, -0.2) is 51.8 Å². The van der Waals surface area contributed by atoms with Crippen LogP contribution in [0.3, 0.4) is 0 Å². The zero-order chi connectivity index (χ0) is 31.5. The average molecular weight is 604 g/mol. The van der Waals surface area contributed by atoms with E-state index < -0.39 is 38.1 Å². The Morgan fingerprint density at radius 3 is 1.79 bits per heavy atom. The van der Waals surface area contributed by atoms with E-state index in [0.717, 1.165) is 15.9 Å². The molecule has 1 amide bonds. The third-order valence-electron chi connectivity index (χ3n) is 6.90. The number of esters is 1. The van der Waals surface area contributed by atoms with Crippen LogP contribution in [0.4, 0.5) is 4.79 Å². The second kappa shape index (κ2) is 15.1. The molecule has 0 saturated carbocycles. The van der Waals surface area contributed by atoms with E-state index in [-0.39, 0.29) is 18.3 Å². The molecule has 3 aromatic carbocycles. The van der Waals surface area contributed by atoms with Crippen LogP contribution in [0, 0.1) is 0 Å². The topological polar surface area (TPSA) is 83.1 Å². The number of carbonyl (C=O) groups is 2. The van der Waals surface area contributed by atoms with Gasteiger partial charge in [-0.2, -0.15) is 0 Å². The highest BCUT2D eigenvalue weighted by Gasteiger charge is 2.50. The monoisotopic (exact) mass is 603 g/mol. The number of amides is 1. The molecule has 0 spiro atoms. The Morgan fingerprint density at radius 1 is 0.814 bits per heavy atom. The van der Waals surface area contributed by atoms with Crippen LogP contribution < -0.4 is 15.7 Å². The van der Waals surface area contributed by atoms with Crippen LogP contribution in [0.2, 0.25) is 5.04 Å². The third kappa shape index (κ3) is 9.64. The molecule has 0 unspecified atom stereocenters. The largest absolute Gasteiger partial charge is 0.466 e. The lowest BCUT2D eigenvalue weighted by molar-refractivity contribution is -0.134. The van der Waals surface area contributed by atoms with Gasteiger partial charge in [0.1, 0.15) is 5.60 Å². The molecule has 0 aromatic heterocycles. The third-order valence-corrected chi connectivity index (χ3v) is 11.9. The molecule has 1 N–H and O–H groups in total. The van der Waals surface area contributed by atoms with Gasteiger partial charge in [-0.25, -0.2) is 9.59 Å². The van der Waals surface area contributed by atoms with Crippen molar-refractivity contribution in [1.82, 2.24) is 5.32 Å². The fourth-order valence-electron chi connectivity index (χ4n) is 4.97. The predicted molar refractivity (Wildman–Crippen MR) is 173 cm³/mol. The Kier molecular flexibility index (Phi) is 11.9. The molecule has 0 fully saturated rings. The fourth-order valence-corrected chi connectivity index (χ4v) is 9.55. The molecule has 0 aliphatic carbocycles. The quantitative estimate of drug-likeness (QED) is 0.161. The Bertz CT molecular complexity index is 1280. The van der Waals surface area contributed by atoms with E-state index in [9.17, 15) is 9.59 Å². The summed E-state index contributed by atoms with van der Waals surface area (Å²) < 4.78 is 24.0. The van der Waals surface area contributed by atoms with E-state index in [2.05, 4.69) is 50.4 Å². The van der Waals surface area contributed by atoms with Gasteiger partial charge in [0.05, 0.1) is 32.5 Å². The van der Waals surface area contributed by atoms with Gasteiger partial charge < -0.3 is 24.0 Å². The average Bonchev–Trinajstić information content (AvgIpc) is 2.97. The number of hydrogen-bond donors (Lipinski definition) is 1. The first-order chi connectivity index (χ1) is 20.4. The zero-order valence-corrected chi connectivity index (χ0v) is 27.3. The molecule has 8 heteroatoms. The van der Waals surface area contributed by atoms with E-state index in [1.165, 1.54) is 13.2 Å². The number of ether oxygens (including phenoxy) is 3. The number of rotatable bonds is 12. The van der Waals surface area contributed by atoms with Crippen LogP contribution in [0.1, 0.15) is 47.1 Å². The highest BCUT2D eigenvalue weighted by molar-refractivity contribution is 6.99. The van der Waals surface area contributed by atoms with Gasteiger partial charge in [-0.1, -0.05) is 112 Å². The Labute approximate surface area is 257 Å². The molecule has 230 valence electrons. The zero-order valence-electron chi connectivity index (χ0n) is 26.3. The van der Waals surface area contributed by atoms with E-state index >= 15 is 0 Å². The highest BCUT2D eigenvalue weighted by atomic mass is 28.4. The Hall–Kier alpha value is -3.72. The summed E-state index contributed by atoms with van der Waals surface area (Å²) in [6, 6.07) is 29.5. The highest BCUT2D eigenvalue weighted by Crippen LogP contribution is 2.37. The first-order valence-corrected chi connectivity index (χ1v) is 16.4. The van der Waals surface area contributed by atoms with Gasteiger partial charge in [-0.05, 0) is 47.8 Å². The molecule has 0 heterocycles. The molecule has 0 aliphatic rings. The second-order valence-electron chi connectivity index (χ2n) is 12.4. The van der Waals surface area contributed by atoms with Gasteiger partial charge >= 0.3 is 12.1 Å². The molecule has 3 rings (SSSR count). The van der Waals surface area contributed by atoms with E-state index in [4.69, 9.17) is 18.6 Å². The van der Waals surface area contributed by atoms with Gasteiger partial charge in [-0.15, -0.1) is 0 Å². The second-order valence-corrected chi connectivity index (χ2v) is 16.7. The van der Waals surface area contributed by atoms with Crippen molar-refractivity contribution in [3.63, 3.8) is 0 Å². The molecule has 0 saturated heterocycles. The van der Waals surface area contributed by atoms with Crippen LogP contribution >= 0.6 is 0 Å². The molecular weight excluding hydrogens is 558 g/mol. The van der Waals surface area contributed by atoms with Crippen molar-refractivity contribution in [2.75, 3.05) is 13.7 Å². The van der Waals surface area contributed by atoms with Crippen LogP contribution in [0.15, 0.2) is 103 Å². The Balaban J connectivity index is 2.07. The molecule has 43 heavy (non-hydrogen) atoms. The normalized spacial score (nSPS) is 13.7. The molecule has 0 radical (unpaired) electrons. The fraction of sp³-hybridized carbons (Fsp3) is 0.371. The van der Waals surface area contributed by atoms with Crippen molar-refractivity contribution >= 4 is 30.8 Å². The number of methoxy groups -OCH3 is 1. The maximum absolute atomic E-state index is 13.2. The number of nitrogens with one attached hydrogen (secondary N) is 1. The SMILES string of the molecule is COC(=O)/C=C\[C@H](OCc1ccccc1)[C@H](CO[Si](c1ccccc1)(c1ccccc1)C(C)(C)C)NC(=O)OC(C)(C)C. The minimum Gasteiger partial charge on any atom is -0.466 e. The molecule has 0 bridgehead atoms. The summed E-state index contributed by atoms with van der Waals surface area (Å²) in [7, 11) is -1.64. The van der Waals surface area contributed by atoms with E-state index in [1.807, 2.05) is 66.7 Å². The van der Waals surface area contributed by atoms with Gasteiger partial charge in [0, 0.05) is 6.08 Å². The molecule has 3 aromatic rings. The van der Waals surface area contributed by atoms with Crippen molar-refractivity contribution in [3.05, 3.63) is 109 Å². The standard InChI is InChI=1S/C35H45NO6Si/c1-34(2,3)42-33(38)36-30(31(23-24-32(37)39-7)40-25-27-17-11-8-12-18-27)26-41-43(35(4,5)6,28-19-13-9-14-20-28)29-21-15-10-16-22-29/h8-24,30-31H,25-26H2,1-7H3,(H,36,38)/b24-23-/t30-,31-/m0/s1. The first-order valence-electron chi connectivity index (χ1n) is 14.5. The summed E-state index contributed by atoms with van der Waals surface area (Å²) in [6.07, 6.45) is 1.56. The lowest BCUT2D eigenvalue weighted by Gasteiger charge is -2.44. The van der Waals surface area contributed by atoms with E-state index in [0.29, 0.717) is 0 Å². The van der Waals surface area contributed by atoms with Crippen molar-refractivity contribution in [2.24, 2.45) is 0 Å². The van der Waals surface area contributed by atoms with Gasteiger partial charge in [0.25, 0.3) is 8.32 Å². The van der Waals surface area contributed by atoms with Crippen molar-refractivity contribution in [3.8, 4) is 0 Å². The van der Waals surface area contributed by atoms with Crippen LogP contribution in [0.25, 0.3) is 0 Å². The lowest BCUT2D eigenvalue weighted by Crippen LogP contribution is -2.67. The molecule has 2 atom stereocenters. The van der Waals surface area contributed by atoms with Gasteiger partial charge in [0.2, 0.25) is 0 Å². The maximum atomic E-state index is 13.2. The number of benzene rings is 3. The predicted octanol–water partition coefficient (Wildman–Crippen LogP) is 5.77. The molecular formula is C35H45NO6Si. The van der Waals surface area contributed by atoms with Crippen LogP contribution in [-0.2, 0) is 30.0 Å². The van der Waals surface area contributed by atoms with Crippen LogP contribution in [0.5, 0.6) is 0 Å². The van der Waals surface area contributed by atoms with E-state index in [1.54, 1.807) is 26.8 Å². The minimum absolute atomic E-state index is 0.0947. The van der Waals surface area contributed by atoms with Crippen molar-refractivity contribution < 1.29 is 28.2 Å². The number of hydrogen-bond acceptors (Lipinski definition) is 6. The summed E-state index contributed by atoms with van der Waals surface area (Å²) in [5.74, 6) is -0.530. The smallest absolute Gasteiger partial charge is 0.408 e. The van der Waals surface area contributed by atoms with Gasteiger partial charge in [0.15, 0.2) is 0 Å². The molecule has 0 aliphatic heterocycles. The maximum Gasteiger partial charge on any atom is 0.408 e. The van der Waals surface area contributed by atoms with Crippen molar-refractivity contribution in [1.29, 1.82) is 0 Å². The first kappa shape index (κ1) is 33.8. The molecule has 7 nitrogen and oxygen atoms in total. The summed E-state index contributed by atoms with van der Waals surface area (Å²) in [5.41, 5.74) is 0.235. The number of alkyl carbamates (subject to hydrolysis) is 1. The minimum atomic E-state index is -2.96. The summed E-state index contributed by atoms with van der Waals surface area (Å²) in [4.78, 5) is 25.3. The van der Waals surface area contributed by atoms with Gasteiger partial charge in [-0.3, -0.25) is 0 Å². The Morgan fingerprint density at radius 2 is 1.33 bits per heavy atom. The number of carbonyl (C=O) groups excluding carboxylic acids is 2. The summed E-state index contributed by atoms with van der Waals surface area (Å²) in [5, 5.41) is 4.92. The summed E-state index contributed by atoms with van der Waals surface area (Å²) >= 11 is 0. The lowest BCUT2D eigenvalue weighted by atomic mass is 10.1. The summed E-state index contributed by atoms with van der Waals surface area (Å²) in [6.45, 7) is 12.3.